The molecule has 0 bridgehead atoms. The number of nitrogens with one attached hydrogen (secondary N) is 1. The molecule has 1 aliphatic heterocycles. The molecule has 138 valence electrons. The number of pyridine rings is 1. The zero-order valence-corrected chi connectivity index (χ0v) is 15.1. The molecular formula is C18H16N4O4S. The SMILES string of the molecule is O=C(CSc1nnc(-c2cccnc2)o1)Nc1ccc2c(c1)OCCCO2. The summed E-state index contributed by atoms with van der Waals surface area (Å²) in [7, 11) is 0. The Hall–Kier alpha value is -3.07. The molecule has 0 radical (unpaired) electrons. The van der Waals surface area contributed by atoms with Gasteiger partial charge in [-0.15, -0.1) is 10.2 Å². The first-order chi connectivity index (χ1) is 13.3. The van der Waals surface area contributed by atoms with Gasteiger partial charge in [-0.05, 0) is 24.3 Å². The van der Waals surface area contributed by atoms with Crippen LogP contribution in [0.15, 0.2) is 52.4 Å². The van der Waals surface area contributed by atoms with Crippen LogP contribution in [0.4, 0.5) is 5.69 Å². The summed E-state index contributed by atoms with van der Waals surface area (Å²) in [6.45, 7) is 1.22. The van der Waals surface area contributed by atoms with Gasteiger partial charge in [0.2, 0.25) is 11.8 Å². The third-order valence-electron chi connectivity index (χ3n) is 3.67. The van der Waals surface area contributed by atoms with E-state index >= 15 is 0 Å². The van der Waals surface area contributed by atoms with Gasteiger partial charge >= 0.3 is 0 Å². The van der Waals surface area contributed by atoms with Gasteiger partial charge in [0, 0.05) is 30.6 Å². The maximum atomic E-state index is 12.2. The van der Waals surface area contributed by atoms with E-state index in [9.17, 15) is 4.79 Å². The Labute approximate surface area is 159 Å². The van der Waals surface area contributed by atoms with Gasteiger partial charge in [0.25, 0.3) is 5.22 Å². The van der Waals surface area contributed by atoms with Crippen molar-refractivity contribution in [2.24, 2.45) is 0 Å². The molecule has 1 aliphatic rings. The Balaban J connectivity index is 1.34. The molecule has 0 unspecified atom stereocenters. The quantitative estimate of drug-likeness (QED) is 0.670. The molecule has 3 heterocycles. The highest BCUT2D eigenvalue weighted by Gasteiger charge is 2.14. The van der Waals surface area contributed by atoms with Crippen LogP contribution in [0, 0.1) is 0 Å². The Morgan fingerprint density at radius 1 is 1.15 bits per heavy atom. The summed E-state index contributed by atoms with van der Waals surface area (Å²) in [5, 5.41) is 11.1. The minimum Gasteiger partial charge on any atom is -0.490 e. The van der Waals surface area contributed by atoms with E-state index in [1.54, 1.807) is 36.7 Å². The van der Waals surface area contributed by atoms with E-state index in [4.69, 9.17) is 13.9 Å². The molecule has 0 atom stereocenters. The van der Waals surface area contributed by atoms with Gasteiger partial charge in [0.15, 0.2) is 11.5 Å². The topological polar surface area (TPSA) is 99.4 Å². The highest BCUT2D eigenvalue weighted by Crippen LogP contribution is 2.32. The maximum Gasteiger partial charge on any atom is 0.277 e. The lowest BCUT2D eigenvalue weighted by Gasteiger charge is -2.10. The molecular weight excluding hydrogens is 368 g/mol. The van der Waals surface area contributed by atoms with Crippen LogP contribution in [-0.2, 0) is 4.79 Å². The van der Waals surface area contributed by atoms with Gasteiger partial charge in [-0.25, -0.2) is 0 Å². The maximum absolute atomic E-state index is 12.2. The van der Waals surface area contributed by atoms with Gasteiger partial charge in [0.05, 0.1) is 24.5 Å². The highest BCUT2D eigenvalue weighted by molar-refractivity contribution is 7.99. The summed E-state index contributed by atoms with van der Waals surface area (Å²) in [6, 6.07) is 8.95. The second kappa shape index (κ2) is 8.09. The molecule has 1 amide bonds. The highest BCUT2D eigenvalue weighted by atomic mass is 32.2. The van der Waals surface area contributed by atoms with E-state index in [1.165, 1.54) is 11.8 Å². The first kappa shape index (κ1) is 17.3. The predicted molar refractivity (Wildman–Crippen MR) is 98.9 cm³/mol. The number of fused-ring (bicyclic) bond motifs is 1. The molecule has 9 heteroatoms. The molecule has 0 saturated heterocycles. The van der Waals surface area contributed by atoms with Gasteiger partial charge in [-0.3, -0.25) is 9.78 Å². The van der Waals surface area contributed by atoms with Crippen molar-refractivity contribution in [3.8, 4) is 23.0 Å². The number of carbonyl (C=O) groups is 1. The normalized spacial score (nSPS) is 13.0. The van der Waals surface area contributed by atoms with Crippen LogP contribution in [0.2, 0.25) is 0 Å². The minimum absolute atomic E-state index is 0.142. The molecule has 8 nitrogen and oxygen atoms in total. The molecule has 0 saturated carbocycles. The van der Waals surface area contributed by atoms with E-state index < -0.39 is 0 Å². The average Bonchev–Trinajstić information content (AvgIpc) is 3.05. The van der Waals surface area contributed by atoms with E-state index in [2.05, 4.69) is 20.5 Å². The number of nitrogens with zero attached hydrogens (tertiary/aromatic N) is 3. The van der Waals surface area contributed by atoms with Crippen molar-refractivity contribution in [1.82, 2.24) is 15.2 Å². The zero-order chi connectivity index (χ0) is 18.5. The lowest BCUT2D eigenvalue weighted by Crippen LogP contribution is -2.14. The number of ether oxygens (including phenoxy) is 2. The number of carbonyl (C=O) groups excluding carboxylic acids is 1. The van der Waals surface area contributed by atoms with Crippen LogP contribution < -0.4 is 14.8 Å². The monoisotopic (exact) mass is 384 g/mol. The van der Waals surface area contributed by atoms with Gasteiger partial charge in [-0.2, -0.15) is 0 Å². The molecule has 0 fully saturated rings. The number of hydrogen-bond acceptors (Lipinski definition) is 8. The van der Waals surface area contributed by atoms with Crippen LogP contribution in [0.1, 0.15) is 6.42 Å². The summed E-state index contributed by atoms with van der Waals surface area (Å²) in [5.74, 6) is 1.65. The minimum atomic E-state index is -0.185. The molecule has 4 rings (SSSR count). The standard InChI is InChI=1S/C18H16N4O4S/c23-16(20-13-4-5-14-15(9-13)25-8-2-7-24-14)11-27-18-22-21-17(26-18)12-3-1-6-19-10-12/h1,3-6,9-10H,2,7-8,11H2,(H,20,23). The van der Waals surface area contributed by atoms with Gasteiger partial charge in [-0.1, -0.05) is 11.8 Å². The molecule has 27 heavy (non-hydrogen) atoms. The molecule has 3 aromatic rings. The third kappa shape index (κ3) is 4.37. The smallest absolute Gasteiger partial charge is 0.277 e. The lowest BCUT2D eigenvalue weighted by molar-refractivity contribution is -0.113. The summed E-state index contributed by atoms with van der Waals surface area (Å²) in [5.41, 5.74) is 1.37. The molecule has 2 aromatic heterocycles. The molecule has 0 spiro atoms. The third-order valence-corrected chi connectivity index (χ3v) is 4.49. The number of aromatic nitrogens is 3. The number of amides is 1. The van der Waals surface area contributed by atoms with Crippen LogP contribution in [0.5, 0.6) is 11.5 Å². The first-order valence-corrected chi connectivity index (χ1v) is 9.33. The fraction of sp³-hybridized carbons (Fsp3) is 0.222. The zero-order valence-electron chi connectivity index (χ0n) is 14.3. The first-order valence-electron chi connectivity index (χ1n) is 8.34. The lowest BCUT2D eigenvalue weighted by atomic mass is 10.2. The van der Waals surface area contributed by atoms with Crippen molar-refractivity contribution in [3.05, 3.63) is 42.7 Å². The van der Waals surface area contributed by atoms with Crippen molar-refractivity contribution >= 4 is 23.4 Å². The van der Waals surface area contributed by atoms with E-state index in [1.807, 2.05) is 6.07 Å². The molecule has 1 aromatic carbocycles. The fourth-order valence-electron chi connectivity index (χ4n) is 2.44. The van der Waals surface area contributed by atoms with Gasteiger partial charge < -0.3 is 19.2 Å². The van der Waals surface area contributed by atoms with Crippen LogP contribution in [-0.4, -0.2) is 40.1 Å². The molecule has 0 aliphatic carbocycles. The number of rotatable bonds is 5. The second-order valence-corrected chi connectivity index (χ2v) is 6.59. The average molecular weight is 384 g/mol. The van der Waals surface area contributed by atoms with Crippen LogP contribution >= 0.6 is 11.8 Å². The number of thioether (sulfide) groups is 1. The predicted octanol–water partition coefficient (Wildman–Crippen LogP) is 3.02. The summed E-state index contributed by atoms with van der Waals surface area (Å²) in [4.78, 5) is 16.2. The van der Waals surface area contributed by atoms with Crippen molar-refractivity contribution in [3.63, 3.8) is 0 Å². The Kier molecular flexibility index (Phi) is 5.20. The summed E-state index contributed by atoms with van der Waals surface area (Å²) in [6.07, 6.45) is 4.14. The Bertz CT molecular complexity index is 932. The van der Waals surface area contributed by atoms with Gasteiger partial charge in [0.1, 0.15) is 0 Å². The molecule has 1 N–H and O–H groups in total. The number of anilines is 1. The van der Waals surface area contributed by atoms with Crippen molar-refractivity contribution in [2.75, 3.05) is 24.3 Å². The van der Waals surface area contributed by atoms with E-state index in [0.29, 0.717) is 41.5 Å². The number of benzene rings is 1. The van der Waals surface area contributed by atoms with E-state index in [0.717, 1.165) is 12.0 Å². The Morgan fingerprint density at radius 3 is 2.89 bits per heavy atom. The van der Waals surface area contributed by atoms with E-state index in [-0.39, 0.29) is 11.7 Å². The Morgan fingerprint density at radius 2 is 2.04 bits per heavy atom. The van der Waals surface area contributed by atoms with Crippen molar-refractivity contribution in [1.29, 1.82) is 0 Å². The fourth-order valence-corrected chi connectivity index (χ4v) is 3.00. The van der Waals surface area contributed by atoms with Crippen LogP contribution in [0.3, 0.4) is 0 Å². The number of hydrogen-bond donors (Lipinski definition) is 1. The second-order valence-electron chi connectivity index (χ2n) is 5.66. The van der Waals surface area contributed by atoms with Crippen LogP contribution in [0.25, 0.3) is 11.5 Å². The van der Waals surface area contributed by atoms with Crippen molar-refractivity contribution in [2.45, 2.75) is 11.6 Å². The summed E-state index contributed by atoms with van der Waals surface area (Å²) >= 11 is 1.17. The van der Waals surface area contributed by atoms with Crippen molar-refractivity contribution < 1.29 is 18.7 Å². The summed E-state index contributed by atoms with van der Waals surface area (Å²) < 4.78 is 16.7. The largest absolute Gasteiger partial charge is 0.490 e.